The van der Waals surface area contributed by atoms with E-state index in [4.69, 9.17) is 23.4 Å². The predicted octanol–water partition coefficient (Wildman–Crippen LogP) is 5.36. The summed E-state index contributed by atoms with van der Waals surface area (Å²) in [6, 6.07) is 17.5. The minimum Gasteiger partial charge on any atom is -0.507 e. The Balaban J connectivity index is 1.50. The fourth-order valence-electron chi connectivity index (χ4n) is 5.49. The van der Waals surface area contributed by atoms with Crippen LogP contribution in [0.2, 0.25) is 0 Å². The largest absolute Gasteiger partial charge is 0.507 e. The van der Waals surface area contributed by atoms with Gasteiger partial charge in [-0.1, -0.05) is 24.3 Å². The molecule has 4 N–H and O–H groups in total. The van der Waals surface area contributed by atoms with E-state index in [9.17, 15) is 30.0 Å². The number of benzene rings is 4. The Bertz CT molecular complexity index is 1990. The fourth-order valence-corrected chi connectivity index (χ4v) is 5.49. The van der Waals surface area contributed by atoms with E-state index in [1.165, 1.54) is 19.2 Å². The van der Waals surface area contributed by atoms with Crippen molar-refractivity contribution in [3.8, 4) is 57.3 Å². The van der Waals surface area contributed by atoms with Crippen LogP contribution < -0.4 is 24.4 Å². The number of hydrogen-bond donors (Lipinski definition) is 4. The van der Waals surface area contributed by atoms with Crippen LogP contribution in [0.15, 0.2) is 75.9 Å². The number of rotatable bonds is 8. The zero-order valence-corrected chi connectivity index (χ0v) is 24.2. The van der Waals surface area contributed by atoms with Crippen molar-refractivity contribution in [3.63, 3.8) is 0 Å². The molecular formula is C34H28O11. The van der Waals surface area contributed by atoms with E-state index in [1.807, 2.05) is 24.3 Å². The second kappa shape index (κ2) is 11.7. The smallest absolute Gasteiger partial charge is 0.312 e. The Morgan fingerprint density at radius 3 is 2.36 bits per heavy atom. The van der Waals surface area contributed by atoms with Crippen molar-refractivity contribution in [2.24, 2.45) is 0 Å². The number of carbonyl (C=O) groups is 1. The van der Waals surface area contributed by atoms with Gasteiger partial charge in [0.05, 0.1) is 27.2 Å². The molecule has 0 amide bonds. The van der Waals surface area contributed by atoms with Gasteiger partial charge in [-0.2, -0.15) is 0 Å². The molecule has 0 bridgehead atoms. The summed E-state index contributed by atoms with van der Waals surface area (Å²) in [5.41, 5.74) is 0.795. The van der Waals surface area contributed by atoms with Crippen LogP contribution in [0.25, 0.3) is 22.3 Å². The van der Waals surface area contributed by atoms with Crippen LogP contribution in [0.3, 0.4) is 0 Å². The van der Waals surface area contributed by atoms with E-state index in [-0.39, 0.29) is 46.6 Å². The lowest BCUT2D eigenvalue weighted by Gasteiger charge is -2.28. The van der Waals surface area contributed by atoms with Crippen LogP contribution in [0.1, 0.15) is 29.0 Å². The Morgan fingerprint density at radius 1 is 0.867 bits per heavy atom. The van der Waals surface area contributed by atoms with Gasteiger partial charge in [0.15, 0.2) is 28.8 Å². The first-order valence-electron chi connectivity index (χ1n) is 13.9. The number of carbonyl (C=O) groups excluding carboxylic acids is 1. The quantitative estimate of drug-likeness (QED) is 0.101. The third-order valence-electron chi connectivity index (χ3n) is 7.70. The number of hydrogen-bond acceptors (Lipinski definition) is 11. The van der Waals surface area contributed by atoms with Gasteiger partial charge in [0.2, 0.25) is 11.2 Å². The highest BCUT2D eigenvalue weighted by atomic mass is 16.5. The van der Waals surface area contributed by atoms with E-state index >= 15 is 0 Å². The average molecular weight is 613 g/mol. The Labute approximate surface area is 256 Å². The van der Waals surface area contributed by atoms with Crippen molar-refractivity contribution < 1.29 is 48.6 Å². The predicted molar refractivity (Wildman–Crippen MR) is 162 cm³/mol. The summed E-state index contributed by atoms with van der Waals surface area (Å²) < 4.78 is 28.7. The molecule has 1 unspecified atom stereocenters. The van der Waals surface area contributed by atoms with E-state index < -0.39 is 40.3 Å². The fraction of sp³-hybridized carbons (Fsp3) is 0.176. The summed E-state index contributed by atoms with van der Waals surface area (Å²) in [6.07, 6.45) is 0.382. The molecule has 0 saturated heterocycles. The molecule has 1 aliphatic rings. The molecule has 0 spiro atoms. The van der Waals surface area contributed by atoms with Crippen LogP contribution in [0.4, 0.5) is 0 Å². The third-order valence-corrected chi connectivity index (χ3v) is 7.70. The van der Waals surface area contributed by atoms with Crippen molar-refractivity contribution in [2.75, 3.05) is 20.8 Å². The maximum Gasteiger partial charge on any atom is 0.312 e. The Morgan fingerprint density at radius 2 is 1.64 bits per heavy atom. The molecule has 5 aromatic rings. The van der Waals surface area contributed by atoms with Crippen LogP contribution in [-0.4, -0.2) is 47.2 Å². The van der Waals surface area contributed by atoms with Crippen LogP contribution in [-0.2, 0) is 11.2 Å². The number of methoxy groups -OCH3 is 2. The standard InChI is InChI=1S/C34H28O11/c1-41-19-9-6-17(7-10-19)12-13-43-33-20(4-3-5-25(33)42-2)21-15-27(38)44-26-16-24(37)29-30(39)31(40)32(45-34(29)28(21)26)18-8-11-22(35)23(36)14-18/h3-11,14,16,21,35-37,40H,12-13,15H2,1-2H3. The highest BCUT2D eigenvalue weighted by molar-refractivity contribution is 5.94. The van der Waals surface area contributed by atoms with Crippen molar-refractivity contribution >= 4 is 16.9 Å². The molecule has 6 rings (SSSR count). The van der Waals surface area contributed by atoms with Gasteiger partial charge in [-0.3, -0.25) is 9.59 Å². The number of phenolic OH excluding ortho intramolecular Hbond substituents is 3. The SMILES string of the molecule is COc1ccc(CCOc2c(OC)cccc2C2CC(=O)Oc3cc(O)c4c(=O)c(O)c(-c5ccc(O)c(O)c5)oc4c32)cc1. The van der Waals surface area contributed by atoms with Gasteiger partial charge in [0, 0.05) is 35.1 Å². The van der Waals surface area contributed by atoms with Gasteiger partial charge < -0.3 is 43.8 Å². The third kappa shape index (κ3) is 5.29. The van der Waals surface area contributed by atoms with Gasteiger partial charge in [0.25, 0.3) is 0 Å². The first kappa shape index (κ1) is 29.2. The number of phenols is 3. The van der Waals surface area contributed by atoms with Crippen LogP contribution >= 0.6 is 0 Å². The summed E-state index contributed by atoms with van der Waals surface area (Å²) in [7, 11) is 3.09. The highest BCUT2D eigenvalue weighted by Crippen LogP contribution is 2.50. The first-order valence-corrected chi connectivity index (χ1v) is 13.9. The zero-order chi connectivity index (χ0) is 31.8. The molecule has 11 heteroatoms. The molecule has 230 valence electrons. The molecule has 0 saturated carbocycles. The molecule has 2 heterocycles. The molecule has 0 fully saturated rings. The number of esters is 1. The topological polar surface area (TPSA) is 165 Å². The molecule has 0 radical (unpaired) electrons. The van der Waals surface area contributed by atoms with Crippen molar-refractivity contribution in [1.82, 2.24) is 0 Å². The molecule has 1 aromatic heterocycles. The summed E-state index contributed by atoms with van der Waals surface area (Å²) in [4.78, 5) is 26.3. The molecule has 4 aromatic carbocycles. The zero-order valence-electron chi connectivity index (χ0n) is 24.2. The van der Waals surface area contributed by atoms with Crippen molar-refractivity contribution in [2.45, 2.75) is 18.8 Å². The van der Waals surface area contributed by atoms with Gasteiger partial charge in [0.1, 0.15) is 28.2 Å². The molecule has 0 aliphatic carbocycles. The van der Waals surface area contributed by atoms with Gasteiger partial charge in [-0.25, -0.2) is 0 Å². The number of para-hydroxylation sites is 1. The molecule has 45 heavy (non-hydrogen) atoms. The van der Waals surface area contributed by atoms with Gasteiger partial charge in [-0.15, -0.1) is 0 Å². The average Bonchev–Trinajstić information content (AvgIpc) is 3.03. The first-order chi connectivity index (χ1) is 21.7. The normalized spacial score (nSPS) is 14.1. The molecular weight excluding hydrogens is 584 g/mol. The summed E-state index contributed by atoms with van der Waals surface area (Å²) in [6.45, 7) is 0.261. The number of aromatic hydroxyl groups is 4. The summed E-state index contributed by atoms with van der Waals surface area (Å²) in [5, 5.41) is 41.1. The maximum atomic E-state index is 13.4. The lowest BCUT2D eigenvalue weighted by molar-refractivity contribution is -0.135. The Hall–Kier alpha value is -5.84. The number of ether oxygens (including phenoxy) is 4. The monoisotopic (exact) mass is 612 g/mol. The molecule has 1 aliphatic heterocycles. The lowest BCUT2D eigenvalue weighted by Crippen LogP contribution is -2.22. The van der Waals surface area contributed by atoms with Crippen LogP contribution in [0.5, 0.6) is 46.0 Å². The molecule has 1 atom stereocenters. The van der Waals surface area contributed by atoms with Gasteiger partial charge in [-0.05, 0) is 42.0 Å². The minimum atomic E-state index is -0.948. The minimum absolute atomic E-state index is 0.0402. The van der Waals surface area contributed by atoms with E-state index in [0.29, 0.717) is 23.5 Å². The van der Waals surface area contributed by atoms with Crippen LogP contribution in [0, 0.1) is 0 Å². The number of fused-ring (bicyclic) bond motifs is 3. The second-order valence-corrected chi connectivity index (χ2v) is 10.4. The summed E-state index contributed by atoms with van der Waals surface area (Å²) in [5.74, 6) is -2.55. The maximum absolute atomic E-state index is 13.4. The lowest BCUT2D eigenvalue weighted by atomic mass is 9.84. The van der Waals surface area contributed by atoms with Crippen molar-refractivity contribution in [1.29, 1.82) is 0 Å². The summed E-state index contributed by atoms with van der Waals surface area (Å²) >= 11 is 0. The van der Waals surface area contributed by atoms with E-state index in [0.717, 1.165) is 23.4 Å². The second-order valence-electron chi connectivity index (χ2n) is 10.4. The van der Waals surface area contributed by atoms with Gasteiger partial charge >= 0.3 is 5.97 Å². The van der Waals surface area contributed by atoms with Crippen molar-refractivity contribution in [3.05, 3.63) is 93.6 Å². The van der Waals surface area contributed by atoms with E-state index in [2.05, 4.69) is 0 Å². The Kier molecular flexibility index (Phi) is 7.59. The van der Waals surface area contributed by atoms with E-state index in [1.54, 1.807) is 25.3 Å². The highest BCUT2D eigenvalue weighted by Gasteiger charge is 2.36. The molecule has 11 nitrogen and oxygen atoms in total.